The zero-order chi connectivity index (χ0) is 12.4. The zero-order valence-electron chi connectivity index (χ0n) is 9.97. The van der Waals surface area contributed by atoms with Gasteiger partial charge in [0.25, 0.3) is 0 Å². The number of aryl methyl sites for hydroxylation is 1. The van der Waals surface area contributed by atoms with Crippen LogP contribution in [-0.4, -0.2) is 45.5 Å². The van der Waals surface area contributed by atoms with Crippen molar-refractivity contribution in [2.24, 2.45) is 0 Å². The lowest BCUT2D eigenvalue weighted by molar-refractivity contribution is 0.438. The predicted molar refractivity (Wildman–Crippen MR) is 62.4 cm³/mol. The molecule has 7 heteroatoms. The molecule has 0 saturated carbocycles. The number of aromatic nitrogens is 4. The lowest BCUT2D eigenvalue weighted by Gasteiger charge is -2.13. The molecular weight excluding hydrogens is 218 g/mol. The van der Waals surface area contributed by atoms with Crippen molar-refractivity contribution in [1.29, 1.82) is 5.26 Å². The van der Waals surface area contributed by atoms with Gasteiger partial charge in [0, 0.05) is 6.07 Å². The van der Waals surface area contributed by atoms with Gasteiger partial charge in [-0.25, -0.2) is 0 Å². The maximum absolute atomic E-state index is 9.00. The molecule has 2 heterocycles. The average molecular weight is 231 g/mol. The van der Waals surface area contributed by atoms with Crippen LogP contribution in [0.5, 0.6) is 0 Å². The minimum atomic E-state index is 0.238. The highest BCUT2D eigenvalue weighted by atomic mass is 15.4. The molecule has 0 bridgehead atoms. The van der Waals surface area contributed by atoms with E-state index in [1.54, 1.807) is 4.52 Å². The molecule has 2 aromatic rings. The van der Waals surface area contributed by atoms with E-state index < -0.39 is 0 Å². The Bertz CT molecular complexity index is 578. The van der Waals surface area contributed by atoms with Gasteiger partial charge >= 0.3 is 0 Å². The van der Waals surface area contributed by atoms with Gasteiger partial charge in [-0.1, -0.05) is 0 Å². The van der Waals surface area contributed by atoms with E-state index in [1.807, 2.05) is 38.1 Å². The van der Waals surface area contributed by atoms with Crippen LogP contribution in [0.3, 0.4) is 0 Å². The van der Waals surface area contributed by atoms with E-state index in [2.05, 4.69) is 20.6 Å². The molecule has 2 aromatic heterocycles. The van der Waals surface area contributed by atoms with Crippen LogP contribution in [0.1, 0.15) is 11.4 Å². The molecule has 88 valence electrons. The molecule has 0 aliphatic rings. The molecule has 0 fully saturated rings. The van der Waals surface area contributed by atoms with Crippen molar-refractivity contribution in [3.8, 4) is 6.07 Å². The number of hydrogen-bond acceptors (Lipinski definition) is 6. The van der Waals surface area contributed by atoms with Crippen LogP contribution in [0, 0.1) is 18.3 Å². The fourth-order valence-electron chi connectivity index (χ4n) is 1.44. The Kier molecular flexibility index (Phi) is 2.89. The molecule has 7 nitrogen and oxygen atoms in total. The predicted octanol–water partition coefficient (Wildman–Crippen LogP) is 0.235. The molecule has 0 aromatic carbocycles. The molecule has 0 saturated heterocycles. The van der Waals surface area contributed by atoms with Gasteiger partial charge in [0.2, 0.25) is 5.69 Å². The SMILES string of the molecule is Cc1cc2nnc(C#N)c(NCN(C)C)n2n1. The number of nitriles is 1. The Labute approximate surface area is 98.7 Å². The lowest BCUT2D eigenvalue weighted by atomic mass is 10.4. The normalized spacial score (nSPS) is 10.8. The first-order chi connectivity index (χ1) is 8.11. The summed E-state index contributed by atoms with van der Waals surface area (Å²) in [4.78, 5) is 1.95. The number of nitrogens with zero attached hydrogens (tertiary/aromatic N) is 6. The molecule has 0 unspecified atom stereocenters. The first kappa shape index (κ1) is 11.3. The fourth-order valence-corrected chi connectivity index (χ4v) is 1.44. The van der Waals surface area contributed by atoms with Crippen molar-refractivity contribution in [1.82, 2.24) is 24.7 Å². The number of nitrogens with one attached hydrogen (secondary N) is 1. The number of anilines is 1. The second-order valence-electron chi connectivity index (χ2n) is 3.98. The summed E-state index contributed by atoms with van der Waals surface area (Å²) < 4.78 is 1.60. The van der Waals surface area contributed by atoms with Crippen LogP contribution >= 0.6 is 0 Å². The van der Waals surface area contributed by atoms with Crippen molar-refractivity contribution in [2.45, 2.75) is 6.92 Å². The first-order valence-electron chi connectivity index (χ1n) is 5.13. The summed E-state index contributed by atoms with van der Waals surface area (Å²) in [5.74, 6) is 0.569. The highest BCUT2D eigenvalue weighted by molar-refractivity contribution is 5.54. The third-order valence-electron chi connectivity index (χ3n) is 2.17. The van der Waals surface area contributed by atoms with Gasteiger partial charge in [0.1, 0.15) is 6.07 Å². The van der Waals surface area contributed by atoms with Crippen molar-refractivity contribution >= 4 is 11.5 Å². The van der Waals surface area contributed by atoms with Crippen LogP contribution in [0.15, 0.2) is 6.07 Å². The third kappa shape index (κ3) is 2.16. The van der Waals surface area contributed by atoms with Gasteiger partial charge in [-0.3, -0.25) is 4.90 Å². The van der Waals surface area contributed by atoms with Gasteiger partial charge in [-0.2, -0.15) is 14.9 Å². The highest BCUT2D eigenvalue weighted by Gasteiger charge is 2.11. The van der Waals surface area contributed by atoms with Crippen LogP contribution in [0.4, 0.5) is 5.82 Å². The summed E-state index contributed by atoms with van der Waals surface area (Å²) in [6.45, 7) is 2.46. The molecule has 0 spiro atoms. The van der Waals surface area contributed by atoms with Gasteiger partial charge < -0.3 is 5.32 Å². The first-order valence-corrected chi connectivity index (χ1v) is 5.13. The Morgan fingerprint density at radius 1 is 1.47 bits per heavy atom. The minimum Gasteiger partial charge on any atom is -0.355 e. The highest BCUT2D eigenvalue weighted by Crippen LogP contribution is 2.13. The molecule has 17 heavy (non-hydrogen) atoms. The molecule has 0 amide bonds. The standard InChI is InChI=1S/C10H13N7/c1-7-4-9-14-13-8(5-11)10(17(9)15-7)12-6-16(2)3/h4,12H,6H2,1-3H3. The van der Waals surface area contributed by atoms with Crippen LogP contribution < -0.4 is 5.32 Å². The lowest BCUT2D eigenvalue weighted by Crippen LogP contribution is -2.22. The maximum atomic E-state index is 9.00. The van der Waals surface area contributed by atoms with Gasteiger partial charge in [0.15, 0.2) is 11.5 Å². The number of hydrogen-bond donors (Lipinski definition) is 1. The molecule has 0 aliphatic heterocycles. The van der Waals surface area contributed by atoms with Crippen LogP contribution in [-0.2, 0) is 0 Å². The smallest absolute Gasteiger partial charge is 0.205 e. The van der Waals surface area contributed by atoms with Crippen molar-refractivity contribution in [3.05, 3.63) is 17.5 Å². The summed E-state index contributed by atoms with van der Waals surface area (Å²) in [5, 5.41) is 24.2. The van der Waals surface area contributed by atoms with Gasteiger partial charge in [-0.15, -0.1) is 10.2 Å². The third-order valence-corrected chi connectivity index (χ3v) is 2.17. The summed E-state index contributed by atoms with van der Waals surface area (Å²) in [6.07, 6.45) is 0. The Morgan fingerprint density at radius 2 is 2.24 bits per heavy atom. The molecule has 0 aliphatic carbocycles. The summed E-state index contributed by atoms with van der Waals surface area (Å²) in [5.41, 5.74) is 1.70. The summed E-state index contributed by atoms with van der Waals surface area (Å²) >= 11 is 0. The monoisotopic (exact) mass is 231 g/mol. The Hall–Kier alpha value is -2.20. The van der Waals surface area contributed by atoms with Crippen LogP contribution in [0.2, 0.25) is 0 Å². The summed E-state index contributed by atoms with van der Waals surface area (Å²) in [6, 6.07) is 3.82. The number of fused-ring (bicyclic) bond motifs is 1. The quantitative estimate of drug-likeness (QED) is 0.762. The van der Waals surface area contributed by atoms with Crippen molar-refractivity contribution in [3.63, 3.8) is 0 Å². The zero-order valence-corrected chi connectivity index (χ0v) is 9.97. The second kappa shape index (κ2) is 4.35. The van der Waals surface area contributed by atoms with Crippen molar-refractivity contribution in [2.75, 3.05) is 26.1 Å². The largest absolute Gasteiger partial charge is 0.355 e. The Morgan fingerprint density at radius 3 is 2.88 bits per heavy atom. The average Bonchev–Trinajstić information content (AvgIpc) is 2.65. The minimum absolute atomic E-state index is 0.238. The van der Waals surface area contributed by atoms with E-state index in [0.717, 1.165) is 5.69 Å². The van der Waals surface area contributed by atoms with E-state index >= 15 is 0 Å². The fraction of sp³-hybridized carbons (Fsp3) is 0.400. The van der Waals surface area contributed by atoms with E-state index in [4.69, 9.17) is 5.26 Å². The molecular formula is C10H13N7. The molecule has 1 N–H and O–H groups in total. The van der Waals surface area contributed by atoms with Gasteiger partial charge in [0.05, 0.1) is 12.4 Å². The number of rotatable bonds is 3. The molecule has 2 rings (SSSR count). The van der Waals surface area contributed by atoms with E-state index in [9.17, 15) is 0 Å². The van der Waals surface area contributed by atoms with Crippen molar-refractivity contribution < 1.29 is 0 Å². The molecule has 0 atom stereocenters. The maximum Gasteiger partial charge on any atom is 0.205 e. The van der Waals surface area contributed by atoms with E-state index in [1.165, 1.54) is 0 Å². The Balaban J connectivity index is 2.51. The van der Waals surface area contributed by atoms with Gasteiger partial charge in [-0.05, 0) is 21.0 Å². The molecule has 0 radical (unpaired) electrons. The van der Waals surface area contributed by atoms with E-state index in [0.29, 0.717) is 18.1 Å². The topological polar surface area (TPSA) is 82.1 Å². The summed E-state index contributed by atoms with van der Waals surface area (Å²) in [7, 11) is 3.86. The van der Waals surface area contributed by atoms with E-state index in [-0.39, 0.29) is 5.69 Å². The second-order valence-corrected chi connectivity index (χ2v) is 3.98. The van der Waals surface area contributed by atoms with Crippen LogP contribution in [0.25, 0.3) is 5.65 Å².